The lowest BCUT2D eigenvalue weighted by Gasteiger charge is -2.26. The summed E-state index contributed by atoms with van der Waals surface area (Å²) in [6, 6.07) is 13.4. The van der Waals surface area contributed by atoms with E-state index in [2.05, 4.69) is 26.1 Å². The molecule has 3 N–H and O–H groups in total. The Morgan fingerprint density at radius 3 is 2.48 bits per heavy atom. The van der Waals surface area contributed by atoms with Crippen LogP contribution >= 0.6 is 0 Å². The molecular formula is C19H15FN6O3. The molecule has 0 saturated carbocycles. The van der Waals surface area contributed by atoms with E-state index in [-0.39, 0.29) is 12.2 Å². The average molecular weight is 394 g/mol. The monoisotopic (exact) mass is 394 g/mol. The van der Waals surface area contributed by atoms with Gasteiger partial charge in [0.05, 0.1) is 18.4 Å². The maximum atomic E-state index is 13.0. The summed E-state index contributed by atoms with van der Waals surface area (Å²) in [7, 11) is 0. The zero-order chi connectivity index (χ0) is 20.4. The molecule has 1 atom stereocenters. The van der Waals surface area contributed by atoms with Crippen molar-refractivity contribution in [3.63, 3.8) is 0 Å². The van der Waals surface area contributed by atoms with E-state index in [1.165, 1.54) is 35.3 Å². The predicted molar refractivity (Wildman–Crippen MR) is 98.4 cm³/mol. The van der Waals surface area contributed by atoms with Crippen LogP contribution < -0.4 is 16.0 Å². The van der Waals surface area contributed by atoms with Gasteiger partial charge in [0.25, 0.3) is 11.8 Å². The van der Waals surface area contributed by atoms with E-state index in [9.17, 15) is 18.8 Å². The minimum absolute atomic E-state index is 0.00210. The van der Waals surface area contributed by atoms with Gasteiger partial charge in [0.1, 0.15) is 5.82 Å². The number of amides is 4. The normalized spacial score (nSPS) is 18.2. The molecular weight excluding hydrogens is 379 g/mol. The van der Waals surface area contributed by atoms with Crippen LogP contribution in [0.2, 0.25) is 0 Å². The molecule has 146 valence electrons. The molecule has 2 aromatic carbocycles. The third-order valence-corrected chi connectivity index (χ3v) is 4.50. The van der Waals surface area contributed by atoms with E-state index in [1.807, 2.05) is 0 Å². The van der Waals surface area contributed by atoms with E-state index in [0.717, 1.165) is 0 Å². The number of urea groups is 1. The Morgan fingerprint density at radius 2 is 1.83 bits per heavy atom. The molecule has 29 heavy (non-hydrogen) atoms. The number of hydrogen-bond acceptors (Lipinski definition) is 5. The van der Waals surface area contributed by atoms with Gasteiger partial charge < -0.3 is 10.6 Å². The molecule has 1 saturated heterocycles. The minimum atomic E-state index is -1.43. The average Bonchev–Trinajstić information content (AvgIpc) is 3.32. The summed E-state index contributed by atoms with van der Waals surface area (Å²) in [5, 5.41) is 15.5. The number of nitrogens with zero attached hydrogens (tertiary/aromatic N) is 3. The summed E-state index contributed by atoms with van der Waals surface area (Å²) in [4.78, 5) is 37.9. The summed E-state index contributed by atoms with van der Waals surface area (Å²) in [5.41, 5.74) is -0.421. The van der Waals surface area contributed by atoms with Gasteiger partial charge in [0.15, 0.2) is 11.2 Å². The number of carbonyl (C=O) groups is 3. The fourth-order valence-corrected chi connectivity index (χ4v) is 3.01. The molecule has 0 aliphatic carbocycles. The summed E-state index contributed by atoms with van der Waals surface area (Å²) in [6.45, 7) is -0.184. The second-order valence-corrected chi connectivity index (χ2v) is 6.36. The Hall–Kier alpha value is -4.08. The van der Waals surface area contributed by atoms with Crippen molar-refractivity contribution in [1.29, 1.82) is 0 Å². The van der Waals surface area contributed by atoms with E-state index in [0.29, 0.717) is 11.3 Å². The molecule has 4 rings (SSSR count). The van der Waals surface area contributed by atoms with Crippen LogP contribution in [0, 0.1) is 5.82 Å². The molecule has 10 heteroatoms. The van der Waals surface area contributed by atoms with Crippen molar-refractivity contribution in [1.82, 2.24) is 30.9 Å². The zero-order valence-electron chi connectivity index (χ0n) is 14.9. The van der Waals surface area contributed by atoms with Gasteiger partial charge in [-0.05, 0) is 29.8 Å². The van der Waals surface area contributed by atoms with Crippen LogP contribution in [0.3, 0.4) is 0 Å². The lowest BCUT2D eigenvalue weighted by Crippen LogP contribution is -2.52. The topological polar surface area (TPSA) is 118 Å². The van der Waals surface area contributed by atoms with Crippen LogP contribution in [-0.4, -0.2) is 39.4 Å². The summed E-state index contributed by atoms with van der Waals surface area (Å²) in [5.74, 6) is -1.55. The number of benzene rings is 2. The second kappa shape index (κ2) is 7.15. The zero-order valence-corrected chi connectivity index (χ0v) is 14.9. The first-order valence-corrected chi connectivity index (χ1v) is 8.63. The second-order valence-electron chi connectivity index (χ2n) is 6.36. The highest BCUT2D eigenvalue weighted by atomic mass is 19.1. The largest absolute Gasteiger partial charge is 0.347 e. The van der Waals surface area contributed by atoms with Crippen molar-refractivity contribution in [2.45, 2.75) is 5.54 Å². The smallest absolute Gasteiger partial charge is 0.322 e. The van der Waals surface area contributed by atoms with Crippen molar-refractivity contribution in [3.8, 4) is 5.69 Å². The van der Waals surface area contributed by atoms with Crippen LogP contribution in [0.5, 0.6) is 0 Å². The van der Waals surface area contributed by atoms with E-state index >= 15 is 0 Å². The Labute approximate surface area is 163 Å². The Bertz CT molecular complexity index is 1080. The van der Waals surface area contributed by atoms with Gasteiger partial charge in [0.2, 0.25) is 0 Å². The number of hydrogen-bond donors (Lipinski definition) is 3. The molecule has 2 heterocycles. The molecule has 1 aliphatic heterocycles. The summed E-state index contributed by atoms with van der Waals surface area (Å²) in [6.07, 6.45) is 1.25. The highest BCUT2D eigenvalue weighted by Gasteiger charge is 2.47. The van der Waals surface area contributed by atoms with Crippen LogP contribution in [0.25, 0.3) is 5.69 Å². The number of aromatic nitrogens is 3. The molecule has 0 radical (unpaired) electrons. The van der Waals surface area contributed by atoms with Gasteiger partial charge in [0, 0.05) is 0 Å². The summed E-state index contributed by atoms with van der Waals surface area (Å²) < 4.78 is 13.0. The van der Waals surface area contributed by atoms with Gasteiger partial charge in [-0.2, -0.15) is 9.90 Å². The SMILES string of the molecule is O=C1NC(=O)[C@](CNC(=O)c2cnn(-c3ccc(F)cc3)n2)(c2ccccc2)N1. The van der Waals surface area contributed by atoms with Gasteiger partial charge in [-0.25, -0.2) is 9.18 Å². The third kappa shape index (κ3) is 3.43. The molecule has 0 unspecified atom stereocenters. The molecule has 1 fully saturated rings. The van der Waals surface area contributed by atoms with Gasteiger partial charge in [-0.1, -0.05) is 30.3 Å². The van der Waals surface area contributed by atoms with E-state index < -0.39 is 29.2 Å². The van der Waals surface area contributed by atoms with Crippen LogP contribution in [-0.2, 0) is 10.3 Å². The number of rotatable bonds is 5. The Morgan fingerprint density at radius 1 is 1.10 bits per heavy atom. The third-order valence-electron chi connectivity index (χ3n) is 4.50. The lowest BCUT2D eigenvalue weighted by molar-refractivity contribution is -0.124. The molecule has 9 nitrogen and oxygen atoms in total. The lowest BCUT2D eigenvalue weighted by atomic mass is 9.90. The van der Waals surface area contributed by atoms with Crippen LogP contribution in [0.4, 0.5) is 9.18 Å². The van der Waals surface area contributed by atoms with Gasteiger partial charge in [-0.3, -0.25) is 14.9 Å². The molecule has 4 amide bonds. The number of carbonyl (C=O) groups excluding carboxylic acids is 3. The molecule has 1 aliphatic rings. The van der Waals surface area contributed by atoms with Crippen molar-refractivity contribution >= 4 is 17.8 Å². The van der Waals surface area contributed by atoms with Crippen molar-refractivity contribution < 1.29 is 18.8 Å². The maximum absolute atomic E-state index is 13.0. The number of imide groups is 1. The highest BCUT2D eigenvalue weighted by Crippen LogP contribution is 2.24. The molecule has 0 spiro atoms. The van der Waals surface area contributed by atoms with Crippen molar-refractivity contribution in [2.75, 3.05) is 6.54 Å². The van der Waals surface area contributed by atoms with Crippen LogP contribution in [0.15, 0.2) is 60.8 Å². The predicted octanol–water partition coefficient (Wildman–Crippen LogP) is 0.871. The maximum Gasteiger partial charge on any atom is 0.322 e. The first-order valence-electron chi connectivity index (χ1n) is 8.63. The van der Waals surface area contributed by atoms with Crippen molar-refractivity contribution in [2.24, 2.45) is 0 Å². The molecule has 1 aromatic heterocycles. The Kier molecular flexibility index (Phi) is 4.51. The highest BCUT2D eigenvalue weighted by molar-refractivity contribution is 6.08. The van der Waals surface area contributed by atoms with E-state index in [1.54, 1.807) is 30.3 Å². The van der Waals surface area contributed by atoms with Gasteiger partial charge >= 0.3 is 6.03 Å². The fraction of sp³-hybridized carbons (Fsp3) is 0.105. The first-order chi connectivity index (χ1) is 14.0. The number of nitrogens with one attached hydrogen (secondary N) is 3. The molecule has 0 bridgehead atoms. The minimum Gasteiger partial charge on any atom is -0.347 e. The van der Waals surface area contributed by atoms with Crippen molar-refractivity contribution in [3.05, 3.63) is 77.9 Å². The fourth-order valence-electron chi connectivity index (χ4n) is 3.01. The first kappa shape index (κ1) is 18.3. The Balaban J connectivity index is 1.53. The quantitative estimate of drug-likeness (QED) is 0.555. The molecule has 3 aromatic rings. The van der Waals surface area contributed by atoms with Gasteiger partial charge in [-0.15, -0.1) is 5.10 Å². The van der Waals surface area contributed by atoms with E-state index in [4.69, 9.17) is 0 Å². The summed E-state index contributed by atoms with van der Waals surface area (Å²) >= 11 is 0. The standard InChI is InChI=1S/C19H15FN6O3/c20-13-6-8-14(9-7-13)26-22-10-15(25-26)16(27)21-11-19(12-4-2-1-3-5-12)17(28)23-18(29)24-19/h1-10H,11H2,(H,21,27)(H2,23,24,28,29)/t19-/m0/s1. The van der Waals surface area contributed by atoms with Crippen LogP contribution in [0.1, 0.15) is 16.1 Å². The number of halogens is 1.